The highest BCUT2D eigenvalue weighted by Crippen LogP contribution is 2.62. The summed E-state index contributed by atoms with van der Waals surface area (Å²) in [5, 5.41) is 10.1. The lowest BCUT2D eigenvalue weighted by molar-refractivity contribution is -0.154. The fraction of sp³-hybridized carbons (Fsp3) is 0.792. The van der Waals surface area contributed by atoms with E-state index in [4.69, 9.17) is 0 Å². The Labute approximate surface area is 173 Å². The number of fused-ring (bicyclic) bond motifs is 1. The van der Waals surface area contributed by atoms with E-state index in [0.29, 0.717) is 5.92 Å². The van der Waals surface area contributed by atoms with Crippen LogP contribution in [0.2, 0.25) is 0 Å². The van der Waals surface area contributed by atoms with Gasteiger partial charge in [-0.15, -0.1) is 0 Å². The van der Waals surface area contributed by atoms with E-state index in [9.17, 15) is 9.90 Å². The Balaban J connectivity index is 1.36. The molecule has 0 aromatic heterocycles. The molecule has 150 valence electrons. The van der Waals surface area contributed by atoms with Gasteiger partial charge in [0.25, 0.3) is 0 Å². The van der Waals surface area contributed by atoms with Gasteiger partial charge >= 0.3 is 5.97 Å². The molecule has 0 saturated heterocycles. The van der Waals surface area contributed by atoms with Crippen molar-refractivity contribution in [2.45, 2.75) is 88.3 Å². The molecule has 0 spiro atoms. The Hall–Kier alpha value is -0.570. The number of hydrogen-bond donors (Lipinski definition) is 1. The summed E-state index contributed by atoms with van der Waals surface area (Å²) in [5.41, 5.74) is 0.438. The Morgan fingerprint density at radius 3 is 2.74 bits per heavy atom. The van der Waals surface area contributed by atoms with Crippen molar-refractivity contribution < 1.29 is 9.90 Å². The van der Waals surface area contributed by atoms with Gasteiger partial charge in [0.2, 0.25) is 0 Å². The maximum Gasteiger partial charge on any atom is 0.314 e. The molecule has 2 bridgehead atoms. The second kappa shape index (κ2) is 7.69. The van der Waals surface area contributed by atoms with Crippen LogP contribution in [0.3, 0.4) is 0 Å². The molecule has 0 radical (unpaired) electrons. The van der Waals surface area contributed by atoms with Gasteiger partial charge in [-0.2, -0.15) is 0 Å². The molecule has 5 rings (SSSR count). The standard InChI is InChI=1S/C24H35BrO2/c1-17(19-8-3-2-4-9-19)6-5-7-18-10-15-24(22(26)27)20-11-13-23(25,14-12-20)21(24)16-18/h11-13,17-19,21H,2-10,14-16H2,1H3,(H,26,27). The highest BCUT2D eigenvalue weighted by Gasteiger charge is 2.61. The van der Waals surface area contributed by atoms with Crippen LogP contribution in [0.1, 0.15) is 84.0 Å². The maximum atomic E-state index is 12.3. The van der Waals surface area contributed by atoms with Crippen LogP contribution in [0.25, 0.3) is 0 Å². The Morgan fingerprint density at radius 1 is 1.30 bits per heavy atom. The molecule has 0 aliphatic heterocycles. The number of allylic oxidation sites excluding steroid dienone is 3. The third-order valence-electron chi connectivity index (χ3n) is 8.49. The van der Waals surface area contributed by atoms with Crippen LogP contribution in [0.15, 0.2) is 23.8 Å². The molecule has 5 unspecified atom stereocenters. The number of rotatable bonds is 6. The normalized spacial score (nSPS) is 39.7. The van der Waals surface area contributed by atoms with Gasteiger partial charge in [-0.05, 0) is 54.9 Å². The number of aliphatic carboxylic acids is 1. The van der Waals surface area contributed by atoms with Crippen molar-refractivity contribution in [3.8, 4) is 0 Å². The Kier molecular flexibility index (Phi) is 5.62. The molecule has 27 heavy (non-hydrogen) atoms. The summed E-state index contributed by atoms with van der Waals surface area (Å²) in [6.45, 7) is 2.47. The summed E-state index contributed by atoms with van der Waals surface area (Å²) in [6, 6.07) is 0. The molecule has 0 heterocycles. The molecule has 1 N–H and O–H groups in total. The smallest absolute Gasteiger partial charge is 0.314 e. The number of carboxylic acid groups (broad SMARTS) is 1. The average molecular weight is 435 g/mol. The van der Waals surface area contributed by atoms with Crippen LogP contribution in [0.4, 0.5) is 0 Å². The van der Waals surface area contributed by atoms with Gasteiger partial charge < -0.3 is 5.11 Å². The van der Waals surface area contributed by atoms with Crippen LogP contribution >= 0.6 is 15.9 Å². The third-order valence-corrected chi connectivity index (χ3v) is 9.63. The highest BCUT2D eigenvalue weighted by atomic mass is 79.9. The van der Waals surface area contributed by atoms with E-state index in [0.717, 1.165) is 43.1 Å². The third kappa shape index (κ3) is 3.47. The van der Waals surface area contributed by atoms with E-state index in [1.807, 2.05) is 0 Å². The molecule has 0 aromatic carbocycles. The first kappa shape index (κ1) is 19.7. The van der Waals surface area contributed by atoms with Crippen molar-refractivity contribution in [2.75, 3.05) is 0 Å². The topological polar surface area (TPSA) is 37.3 Å². The Bertz CT molecular complexity index is 632. The van der Waals surface area contributed by atoms with E-state index in [1.54, 1.807) is 0 Å². The summed E-state index contributed by atoms with van der Waals surface area (Å²) in [5.74, 6) is 2.14. The minimum absolute atomic E-state index is 0.138. The molecule has 3 heteroatoms. The van der Waals surface area contributed by atoms with Crippen molar-refractivity contribution in [3.05, 3.63) is 23.8 Å². The number of carbonyl (C=O) groups is 1. The number of halogens is 1. The second-order valence-corrected chi connectivity index (χ2v) is 11.4. The summed E-state index contributed by atoms with van der Waals surface area (Å²) in [6.07, 6.45) is 21.6. The predicted octanol–water partition coefficient (Wildman–Crippen LogP) is 6.89. The molecular weight excluding hydrogens is 400 g/mol. The first-order valence-corrected chi connectivity index (χ1v) is 12.1. The quantitative estimate of drug-likeness (QED) is 0.461. The van der Waals surface area contributed by atoms with Crippen LogP contribution in [0.5, 0.6) is 0 Å². The second-order valence-electron chi connectivity index (χ2n) is 9.90. The number of carboxylic acids is 1. The van der Waals surface area contributed by atoms with Crippen LogP contribution in [0, 0.1) is 29.1 Å². The fourth-order valence-electron chi connectivity index (χ4n) is 6.74. The van der Waals surface area contributed by atoms with Gasteiger partial charge in [0, 0.05) is 0 Å². The minimum atomic E-state index is -0.637. The Morgan fingerprint density at radius 2 is 2.07 bits per heavy atom. The van der Waals surface area contributed by atoms with Gasteiger partial charge in [0.05, 0.1) is 9.74 Å². The van der Waals surface area contributed by atoms with Crippen molar-refractivity contribution in [2.24, 2.45) is 29.1 Å². The zero-order valence-corrected chi connectivity index (χ0v) is 18.3. The van der Waals surface area contributed by atoms with Crippen molar-refractivity contribution in [3.63, 3.8) is 0 Å². The van der Waals surface area contributed by atoms with E-state index in [-0.39, 0.29) is 10.2 Å². The predicted molar refractivity (Wildman–Crippen MR) is 114 cm³/mol. The molecule has 5 aliphatic rings. The minimum Gasteiger partial charge on any atom is -0.481 e. The van der Waals surface area contributed by atoms with Gasteiger partial charge in [-0.25, -0.2) is 0 Å². The molecule has 2 nitrogen and oxygen atoms in total. The van der Waals surface area contributed by atoms with Gasteiger partial charge in [0.1, 0.15) is 0 Å². The zero-order valence-electron chi connectivity index (χ0n) is 16.8. The van der Waals surface area contributed by atoms with Crippen molar-refractivity contribution >= 4 is 21.9 Å². The lowest BCUT2D eigenvalue weighted by Crippen LogP contribution is -2.56. The van der Waals surface area contributed by atoms with Crippen molar-refractivity contribution in [1.82, 2.24) is 0 Å². The largest absolute Gasteiger partial charge is 0.481 e. The van der Waals surface area contributed by atoms with Crippen LogP contribution < -0.4 is 0 Å². The van der Waals surface area contributed by atoms with E-state index >= 15 is 0 Å². The average Bonchev–Trinajstić information content (AvgIpc) is 2.69. The summed E-state index contributed by atoms with van der Waals surface area (Å²) in [7, 11) is 0. The number of hydrogen-bond acceptors (Lipinski definition) is 1. The lowest BCUT2D eigenvalue weighted by Gasteiger charge is -2.55. The van der Waals surface area contributed by atoms with Gasteiger partial charge in [0.15, 0.2) is 0 Å². The van der Waals surface area contributed by atoms with E-state index in [2.05, 4.69) is 41.1 Å². The van der Waals surface area contributed by atoms with Crippen LogP contribution in [-0.4, -0.2) is 15.4 Å². The SMILES string of the molecule is CC(CCCC1CCC2(C(=O)O)C3=CCC(Br)(C=C3)C2C1)C1CCCCC1. The van der Waals surface area contributed by atoms with E-state index in [1.165, 1.54) is 51.4 Å². The number of alkyl halides is 1. The summed E-state index contributed by atoms with van der Waals surface area (Å²) < 4.78 is -0.138. The molecule has 0 aromatic rings. The maximum absolute atomic E-state index is 12.3. The molecule has 5 aliphatic carbocycles. The van der Waals surface area contributed by atoms with Crippen LogP contribution in [-0.2, 0) is 4.79 Å². The molecule has 2 fully saturated rings. The molecular formula is C24H35BrO2. The van der Waals surface area contributed by atoms with Gasteiger partial charge in [-0.3, -0.25) is 4.79 Å². The first-order chi connectivity index (χ1) is 13.0. The molecule has 2 saturated carbocycles. The summed E-state index contributed by atoms with van der Waals surface area (Å²) in [4.78, 5) is 12.3. The highest BCUT2D eigenvalue weighted by molar-refractivity contribution is 9.10. The summed E-state index contributed by atoms with van der Waals surface area (Å²) >= 11 is 3.95. The van der Waals surface area contributed by atoms with E-state index < -0.39 is 11.4 Å². The van der Waals surface area contributed by atoms with Gasteiger partial charge in [-0.1, -0.05) is 92.4 Å². The van der Waals surface area contributed by atoms with Crippen molar-refractivity contribution in [1.29, 1.82) is 0 Å². The molecule has 5 atom stereocenters. The molecule has 0 amide bonds. The monoisotopic (exact) mass is 434 g/mol. The zero-order chi connectivity index (χ0) is 19.1. The first-order valence-electron chi connectivity index (χ1n) is 11.3. The fourth-order valence-corrected chi connectivity index (χ4v) is 7.61. The lowest BCUT2D eigenvalue weighted by atomic mass is 9.50.